The summed E-state index contributed by atoms with van der Waals surface area (Å²) in [5.41, 5.74) is 3.71. The number of benzene rings is 3. The Hall–Kier alpha value is -3.49. The number of amides is 1. The molecule has 0 unspecified atom stereocenters. The second kappa shape index (κ2) is 10.9. The van der Waals surface area contributed by atoms with Crippen LogP contribution >= 0.6 is 0 Å². The van der Waals surface area contributed by atoms with Gasteiger partial charge in [0.25, 0.3) is 5.91 Å². The van der Waals surface area contributed by atoms with Crippen LogP contribution in [0.4, 0.5) is 20.2 Å². The van der Waals surface area contributed by atoms with Gasteiger partial charge in [-0.15, -0.1) is 0 Å². The van der Waals surface area contributed by atoms with Gasteiger partial charge in [-0.3, -0.25) is 9.69 Å². The van der Waals surface area contributed by atoms with Crippen LogP contribution in [0.15, 0.2) is 66.7 Å². The third-order valence-corrected chi connectivity index (χ3v) is 8.47. The molecule has 0 radical (unpaired) electrons. The van der Waals surface area contributed by atoms with Gasteiger partial charge in [-0.05, 0) is 78.7 Å². The number of methoxy groups -OCH3 is 1. The zero-order valence-electron chi connectivity index (χ0n) is 22.2. The lowest BCUT2D eigenvalue weighted by molar-refractivity contribution is 0.0615. The zero-order valence-corrected chi connectivity index (χ0v) is 22.2. The average Bonchev–Trinajstić information content (AvgIpc) is 3.29. The quantitative estimate of drug-likeness (QED) is 0.459. The van der Waals surface area contributed by atoms with Crippen LogP contribution in [-0.2, 0) is 0 Å². The Morgan fingerprint density at radius 3 is 2.26 bits per heavy atom. The third-order valence-electron chi connectivity index (χ3n) is 8.47. The first-order chi connectivity index (χ1) is 19.0. The highest BCUT2D eigenvalue weighted by molar-refractivity contribution is 5.94. The van der Waals surface area contributed by atoms with Gasteiger partial charge in [-0.2, -0.15) is 0 Å². The van der Waals surface area contributed by atoms with Crippen LogP contribution in [0, 0.1) is 11.6 Å². The Labute approximate surface area is 228 Å². The first kappa shape index (κ1) is 25.8. The normalized spacial score (nSPS) is 21.5. The minimum absolute atomic E-state index is 0.0669. The number of carbonyl (C=O) groups excluding carboxylic acids is 1. The van der Waals surface area contributed by atoms with E-state index < -0.39 is 0 Å². The molecule has 2 saturated heterocycles. The first-order valence-corrected chi connectivity index (χ1v) is 13.7. The number of hydrogen-bond donors (Lipinski definition) is 0. The van der Waals surface area contributed by atoms with Gasteiger partial charge in [0.15, 0.2) is 0 Å². The van der Waals surface area contributed by atoms with Crippen molar-refractivity contribution >= 4 is 17.3 Å². The van der Waals surface area contributed by atoms with E-state index in [1.165, 1.54) is 18.2 Å². The number of nitrogens with zero attached hydrogens (tertiary/aromatic N) is 4. The summed E-state index contributed by atoms with van der Waals surface area (Å²) in [6.07, 6.45) is 0.961. The molecular weight excluding hydrogens is 498 g/mol. The number of likely N-dealkylation sites (tertiary alicyclic amines) is 1. The molecule has 204 valence electrons. The van der Waals surface area contributed by atoms with Gasteiger partial charge in [0.2, 0.25) is 0 Å². The van der Waals surface area contributed by atoms with Gasteiger partial charge < -0.3 is 19.4 Å². The van der Waals surface area contributed by atoms with E-state index in [1.807, 2.05) is 47.4 Å². The van der Waals surface area contributed by atoms with Crippen molar-refractivity contribution in [2.45, 2.75) is 18.4 Å². The van der Waals surface area contributed by atoms with E-state index in [1.54, 1.807) is 13.2 Å². The van der Waals surface area contributed by atoms with Crippen molar-refractivity contribution in [3.05, 3.63) is 89.5 Å². The summed E-state index contributed by atoms with van der Waals surface area (Å²) < 4.78 is 33.1. The van der Waals surface area contributed by atoms with Gasteiger partial charge in [0, 0.05) is 81.3 Å². The van der Waals surface area contributed by atoms with E-state index in [2.05, 4.69) is 14.7 Å². The maximum Gasteiger partial charge on any atom is 0.253 e. The topological polar surface area (TPSA) is 39.3 Å². The van der Waals surface area contributed by atoms with Gasteiger partial charge in [-0.25, -0.2) is 8.78 Å². The Balaban J connectivity index is 1.05. The van der Waals surface area contributed by atoms with Crippen LogP contribution in [0.25, 0.3) is 0 Å². The first-order valence-electron chi connectivity index (χ1n) is 13.7. The highest BCUT2D eigenvalue weighted by Crippen LogP contribution is 2.48. The summed E-state index contributed by atoms with van der Waals surface area (Å²) in [6.45, 7) is 6.86. The van der Waals surface area contributed by atoms with Gasteiger partial charge in [-0.1, -0.05) is 0 Å². The summed E-state index contributed by atoms with van der Waals surface area (Å²) in [5.74, 6) is 0.544. The molecule has 0 aromatic heterocycles. The number of piperidine rings is 1. The summed E-state index contributed by atoms with van der Waals surface area (Å²) in [6, 6.07) is 19.2. The fourth-order valence-electron chi connectivity index (χ4n) is 6.35. The van der Waals surface area contributed by atoms with Crippen LogP contribution in [0.2, 0.25) is 0 Å². The molecular formula is C31H34F2N4O2. The molecule has 0 bridgehead atoms. The molecule has 8 heteroatoms. The van der Waals surface area contributed by atoms with E-state index in [0.717, 1.165) is 81.5 Å². The number of rotatable bonds is 6. The van der Waals surface area contributed by atoms with Crippen LogP contribution < -0.4 is 9.64 Å². The molecule has 39 heavy (non-hydrogen) atoms. The van der Waals surface area contributed by atoms with E-state index in [-0.39, 0.29) is 29.5 Å². The van der Waals surface area contributed by atoms with Crippen molar-refractivity contribution in [2.24, 2.45) is 0 Å². The minimum atomic E-state index is -0.255. The van der Waals surface area contributed by atoms with Crippen molar-refractivity contribution in [1.82, 2.24) is 14.7 Å². The van der Waals surface area contributed by atoms with Crippen molar-refractivity contribution in [3.8, 4) is 5.75 Å². The largest absolute Gasteiger partial charge is 0.497 e. The number of halogens is 2. The lowest BCUT2D eigenvalue weighted by atomic mass is 9.89. The molecule has 6 nitrogen and oxygen atoms in total. The molecule has 0 N–H and O–H groups in total. The van der Waals surface area contributed by atoms with Crippen LogP contribution in [-0.4, -0.2) is 86.1 Å². The van der Waals surface area contributed by atoms with E-state index in [9.17, 15) is 13.6 Å². The molecule has 2 atom stereocenters. The highest BCUT2D eigenvalue weighted by atomic mass is 19.1. The highest BCUT2D eigenvalue weighted by Gasteiger charge is 2.42. The van der Waals surface area contributed by atoms with E-state index in [0.29, 0.717) is 5.56 Å². The Bertz CT molecular complexity index is 1310. The number of piperazine rings is 1. The van der Waals surface area contributed by atoms with Crippen molar-refractivity contribution in [2.75, 3.05) is 64.4 Å². The van der Waals surface area contributed by atoms with Crippen LogP contribution in [0.5, 0.6) is 5.75 Å². The molecule has 3 heterocycles. The Kier molecular flexibility index (Phi) is 7.23. The fraction of sp³-hybridized carbons (Fsp3) is 0.387. The second-order valence-corrected chi connectivity index (χ2v) is 10.7. The number of carbonyl (C=O) groups is 1. The molecule has 3 aliphatic heterocycles. The number of ether oxygens (including phenoxy) is 1. The lowest BCUT2D eigenvalue weighted by Gasteiger charge is -2.40. The molecule has 3 aliphatic rings. The lowest BCUT2D eigenvalue weighted by Crippen LogP contribution is -2.51. The predicted octanol–water partition coefficient (Wildman–Crippen LogP) is 4.74. The fourth-order valence-corrected chi connectivity index (χ4v) is 6.35. The Morgan fingerprint density at radius 1 is 0.846 bits per heavy atom. The zero-order chi connectivity index (χ0) is 26.9. The average molecular weight is 533 g/mol. The number of fused-ring (bicyclic) bond motifs is 3. The van der Waals surface area contributed by atoms with Crippen molar-refractivity contribution in [3.63, 3.8) is 0 Å². The van der Waals surface area contributed by atoms with Crippen LogP contribution in [0.1, 0.15) is 28.3 Å². The molecule has 1 amide bonds. The molecule has 2 fully saturated rings. The van der Waals surface area contributed by atoms with Gasteiger partial charge in [0.05, 0.1) is 7.11 Å². The Morgan fingerprint density at radius 2 is 1.54 bits per heavy atom. The van der Waals surface area contributed by atoms with E-state index in [4.69, 9.17) is 4.74 Å². The standard InChI is InChI=1S/C31H34F2N4O2/c1-39-26-9-2-22(3-10-26)31(38)36-18-16-34(17-19-36)14-15-35-13-12-30-28(21-35)27-20-24(33)6-11-29(27)37(30)25-7-4-23(32)5-8-25/h2-11,20,28,30H,12-19,21H2,1H3/t28-,30+/m0/s1. The molecule has 3 aromatic carbocycles. The summed E-state index contributed by atoms with van der Waals surface area (Å²) in [7, 11) is 1.62. The van der Waals surface area contributed by atoms with Crippen LogP contribution in [0.3, 0.4) is 0 Å². The second-order valence-electron chi connectivity index (χ2n) is 10.7. The maximum atomic E-state index is 14.3. The monoisotopic (exact) mass is 532 g/mol. The van der Waals surface area contributed by atoms with E-state index >= 15 is 0 Å². The molecule has 6 rings (SSSR count). The maximum absolute atomic E-state index is 14.3. The molecule has 3 aromatic rings. The SMILES string of the molecule is COc1ccc(C(=O)N2CCN(CCN3CC[C@@H]4[C@@H](C3)c3cc(F)ccc3N4c3ccc(F)cc3)CC2)cc1. The summed E-state index contributed by atoms with van der Waals surface area (Å²) in [5, 5.41) is 0. The smallest absolute Gasteiger partial charge is 0.253 e. The molecule has 0 saturated carbocycles. The number of hydrogen-bond acceptors (Lipinski definition) is 5. The third kappa shape index (κ3) is 5.23. The van der Waals surface area contributed by atoms with Crippen molar-refractivity contribution in [1.29, 1.82) is 0 Å². The minimum Gasteiger partial charge on any atom is -0.497 e. The predicted molar refractivity (Wildman–Crippen MR) is 148 cm³/mol. The van der Waals surface area contributed by atoms with Gasteiger partial charge in [0.1, 0.15) is 17.4 Å². The molecule has 0 aliphatic carbocycles. The summed E-state index contributed by atoms with van der Waals surface area (Å²) >= 11 is 0. The number of anilines is 2. The molecule has 0 spiro atoms. The van der Waals surface area contributed by atoms with Crippen molar-refractivity contribution < 1.29 is 18.3 Å². The van der Waals surface area contributed by atoms with Gasteiger partial charge >= 0.3 is 0 Å². The summed E-state index contributed by atoms with van der Waals surface area (Å²) in [4.78, 5) is 22.0.